The summed E-state index contributed by atoms with van der Waals surface area (Å²) in [5.41, 5.74) is 2.00. The van der Waals surface area contributed by atoms with E-state index in [9.17, 15) is 4.79 Å². The normalized spacial score (nSPS) is 15.6. The van der Waals surface area contributed by atoms with Crippen molar-refractivity contribution in [3.63, 3.8) is 0 Å². The van der Waals surface area contributed by atoms with Crippen LogP contribution >= 0.6 is 0 Å². The Morgan fingerprint density at radius 3 is 2.64 bits per heavy atom. The predicted octanol–water partition coefficient (Wildman–Crippen LogP) is 3.10. The maximum Gasteiger partial charge on any atom is 0.318 e. The summed E-state index contributed by atoms with van der Waals surface area (Å²) in [6, 6.07) is 14.2. The van der Waals surface area contributed by atoms with Crippen LogP contribution in [0.1, 0.15) is 31.4 Å². The van der Waals surface area contributed by atoms with Crippen LogP contribution in [0.15, 0.2) is 54.9 Å². The fourth-order valence-electron chi connectivity index (χ4n) is 3.65. The van der Waals surface area contributed by atoms with Crippen molar-refractivity contribution in [2.45, 2.75) is 25.8 Å². The molecule has 0 radical (unpaired) electrons. The molecule has 0 spiro atoms. The highest BCUT2D eigenvalue weighted by molar-refractivity contribution is 5.75. The van der Waals surface area contributed by atoms with Crippen molar-refractivity contribution in [3.05, 3.63) is 60.4 Å². The molecule has 1 N–H and O–H groups in total. The average molecular weight is 378 g/mol. The maximum absolute atomic E-state index is 12.8. The molecule has 7 heteroatoms. The first-order chi connectivity index (χ1) is 13.7. The molecule has 0 aliphatic carbocycles. The van der Waals surface area contributed by atoms with Crippen LogP contribution in [0.3, 0.4) is 0 Å². The Labute approximate surface area is 165 Å². The lowest BCUT2D eigenvalue weighted by Gasteiger charge is -2.36. The van der Waals surface area contributed by atoms with Gasteiger partial charge in [0.25, 0.3) is 0 Å². The predicted molar refractivity (Wildman–Crippen MR) is 109 cm³/mol. The molecule has 1 aliphatic heterocycles. The van der Waals surface area contributed by atoms with Gasteiger partial charge in [-0.05, 0) is 24.1 Å². The van der Waals surface area contributed by atoms with E-state index in [2.05, 4.69) is 39.4 Å². The molecule has 4 rings (SSSR count). The number of aromatic nitrogens is 3. The van der Waals surface area contributed by atoms with Crippen LogP contribution in [-0.4, -0.2) is 51.7 Å². The summed E-state index contributed by atoms with van der Waals surface area (Å²) in [7, 11) is 0. The van der Waals surface area contributed by atoms with Crippen molar-refractivity contribution < 1.29 is 4.79 Å². The average Bonchev–Trinajstić information content (AvgIpc) is 3.22. The van der Waals surface area contributed by atoms with Gasteiger partial charge in [0.2, 0.25) is 0 Å². The molecular formula is C21H26N6O. The third-order valence-electron chi connectivity index (χ3n) is 5.21. The number of hydrogen-bond donors (Lipinski definition) is 1. The van der Waals surface area contributed by atoms with E-state index >= 15 is 0 Å². The molecule has 3 aromatic rings. The van der Waals surface area contributed by atoms with Crippen LogP contribution in [0, 0.1) is 0 Å². The number of piperazine rings is 1. The van der Waals surface area contributed by atoms with Crippen LogP contribution < -0.4 is 10.2 Å². The van der Waals surface area contributed by atoms with Gasteiger partial charge in [0, 0.05) is 38.6 Å². The number of nitrogens with one attached hydrogen (secondary N) is 1. The molecule has 0 saturated carbocycles. The zero-order valence-corrected chi connectivity index (χ0v) is 16.2. The number of benzene rings is 1. The number of imidazole rings is 1. The zero-order chi connectivity index (χ0) is 19.3. The molecule has 28 heavy (non-hydrogen) atoms. The van der Waals surface area contributed by atoms with Gasteiger partial charge in [-0.2, -0.15) is 0 Å². The summed E-state index contributed by atoms with van der Waals surface area (Å²) in [6.45, 7) is 5.05. The lowest BCUT2D eigenvalue weighted by molar-refractivity contribution is 0.189. The summed E-state index contributed by atoms with van der Waals surface area (Å²) in [4.78, 5) is 21.1. The molecular weight excluding hydrogens is 352 g/mol. The standard InChI is InChI=1S/C21H26N6O/c1-2-6-18(17-7-4-3-5-8-17)23-21(28)26-15-13-25(14-16-26)20-10-9-19-22-11-12-27(19)24-20/h3-5,7-12,18H,2,6,13-16H2,1H3,(H,23,28)/t18-/m1/s1. The minimum Gasteiger partial charge on any atom is -0.352 e. The lowest BCUT2D eigenvalue weighted by Crippen LogP contribution is -2.52. The molecule has 0 unspecified atom stereocenters. The molecule has 2 aromatic heterocycles. The molecule has 0 bridgehead atoms. The number of carbonyl (C=O) groups excluding carboxylic acids is 1. The molecule has 3 heterocycles. The minimum atomic E-state index is 0.0139. The van der Waals surface area contributed by atoms with Gasteiger partial charge in [0.1, 0.15) is 5.82 Å². The van der Waals surface area contributed by atoms with Crippen LogP contribution in [0.5, 0.6) is 0 Å². The Bertz CT molecular complexity index is 917. The third-order valence-corrected chi connectivity index (χ3v) is 5.21. The highest BCUT2D eigenvalue weighted by atomic mass is 16.2. The van der Waals surface area contributed by atoms with Gasteiger partial charge in [0.05, 0.1) is 6.04 Å². The van der Waals surface area contributed by atoms with E-state index in [0.717, 1.165) is 43.0 Å². The number of anilines is 1. The fraction of sp³-hybridized carbons (Fsp3) is 0.381. The lowest BCUT2D eigenvalue weighted by atomic mass is 10.0. The Balaban J connectivity index is 1.36. The van der Waals surface area contributed by atoms with E-state index in [1.807, 2.05) is 41.4 Å². The number of rotatable bonds is 5. The molecule has 1 fully saturated rings. The minimum absolute atomic E-state index is 0.0139. The highest BCUT2D eigenvalue weighted by Crippen LogP contribution is 2.19. The van der Waals surface area contributed by atoms with E-state index < -0.39 is 0 Å². The van der Waals surface area contributed by atoms with Crippen molar-refractivity contribution in [2.24, 2.45) is 0 Å². The molecule has 1 aromatic carbocycles. The van der Waals surface area contributed by atoms with Crippen molar-refractivity contribution >= 4 is 17.5 Å². The largest absolute Gasteiger partial charge is 0.352 e. The van der Waals surface area contributed by atoms with Crippen LogP contribution in [0.2, 0.25) is 0 Å². The van der Waals surface area contributed by atoms with Crippen molar-refractivity contribution in [2.75, 3.05) is 31.1 Å². The summed E-state index contributed by atoms with van der Waals surface area (Å²) in [5.74, 6) is 0.915. The van der Waals surface area contributed by atoms with Crippen LogP contribution in [0.25, 0.3) is 5.65 Å². The molecule has 1 atom stereocenters. The quantitative estimate of drug-likeness (QED) is 0.741. The van der Waals surface area contributed by atoms with Crippen LogP contribution in [-0.2, 0) is 0 Å². The number of nitrogens with zero attached hydrogens (tertiary/aromatic N) is 5. The molecule has 2 amide bonds. The first kappa shape index (κ1) is 18.3. The molecule has 1 aliphatic rings. The van der Waals surface area contributed by atoms with E-state index in [1.165, 1.54) is 0 Å². The fourth-order valence-corrected chi connectivity index (χ4v) is 3.65. The molecule has 146 valence electrons. The summed E-state index contributed by atoms with van der Waals surface area (Å²) in [5, 5.41) is 7.82. The summed E-state index contributed by atoms with van der Waals surface area (Å²) >= 11 is 0. The number of fused-ring (bicyclic) bond motifs is 1. The van der Waals surface area contributed by atoms with Gasteiger partial charge in [-0.15, -0.1) is 5.10 Å². The number of amides is 2. The number of carbonyl (C=O) groups is 1. The van der Waals surface area contributed by atoms with Gasteiger partial charge in [-0.1, -0.05) is 43.7 Å². The smallest absolute Gasteiger partial charge is 0.318 e. The Morgan fingerprint density at radius 1 is 1.11 bits per heavy atom. The monoisotopic (exact) mass is 378 g/mol. The second-order valence-corrected chi connectivity index (χ2v) is 7.10. The Kier molecular flexibility index (Phi) is 5.41. The van der Waals surface area contributed by atoms with Crippen LogP contribution in [0.4, 0.5) is 10.6 Å². The van der Waals surface area contributed by atoms with E-state index in [1.54, 1.807) is 10.7 Å². The zero-order valence-electron chi connectivity index (χ0n) is 16.2. The second kappa shape index (κ2) is 8.29. The first-order valence-corrected chi connectivity index (χ1v) is 9.90. The SMILES string of the molecule is CCC[C@@H](NC(=O)N1CCN(c2ccc3nccn3n2)CC1)c1ccccc1. The van der Waals surface area contributed by atoms with Gasteiger partial charge in [-0.3, -0.25) is 0 Å². The Morgan fingerprint density at radius 2 is 1.89 bits per heavy atom. The summed E-state index contributed by atoms with van der Waals surface area (Å²) in [6.07, 6.45) is 5.55. The van der Waals surface area contributed by atoms with Gasteiger partial charge in [-0.25, -0.2) is 14.3 Å². The van der Waals surface area contributed by atoms with E-state index in [4.69, 9.17) is 0 Å². The molecule has 7 nitrogen and oxygen atoms in total. The van der Waals surface area contributed by atoms with Gasteiger partial charge < -0.3 is 15.1 Å². The van der Waals surface area contributed by atoms with Gasteiger partial charge >= 0.3 is 6.03 Å². The Hall–Kier alpha value is -3.09. The highest BCUT2D eigenvalue weighted by Gasteiger charge is 2.24. The van der Waals surface area contributed by atoms with Gasteiger partial charge in [0.15, 0.2) is 5.65 Å². The van der Waals surface area contributed by atoms with E-state index in [0.29, 0.717) is 13.1 Å². The topological polar surface area (TPSA) is 65.8 Å². The first-order valence-electron chi connectivity index (χ1n) is 9.90. The second-order valence-electron chi connectivity index (χ2n) is 7.10. The van der Waals surface area contributed by atoms with Crippen molar-refractivity contribution in [1.29, 1.82) is 0 Å². The van der Waals surface area contributed by atoms with E-state index in [-0.39, 0.29) is 12.1 Å². The van der Waals surface area contributed by atoms with Crippen molar-refractivity contribution in [1.82, 2.24) is 24.8 Å². The summed E-state index contributed by atoms with van der Waals surface area (Å²) < 4.78 is 1.78. The number of hydrogen-bond acceptors (Lipinski definition) is 4. The third kappa shape index (κ3) is 3.93. The molecule has 1 saturated heterocycles. The van der Waals surface area contributed by atoms with Crippen molar-refractivity contribution in [3.8, 4) is 0 Å². The maximum atomic E-state index is 12.8. The number of urea groups is 1.